The highest BCUT2D eigenvalue weighted by Crippen LogP contribution is 2.50. The Morgan fingerprint density at radius 1 is 1.24 bits per heavy atom. The second-order valence-corrected chi connectivity index (χ2v) is 5.95. The molecule has 0 fully saturated rings. The van der Waals surface area contributed by atoms with Crippen LogP contribution < -0.4 is 5.73 Å². The molecule has 0 amide bonds. The number of Topliss-reactive ketones (excluding diaryl/α,β-unsaturated/α-hetero) is 1. The van der Waals surface area contributed by atoms with Gasteiger partial charge in [-0.2, -0.15) is 0 Å². The van der Waals surface area contributed by atoms with Crippen LogP contribution in [0.5, 0.6) is 0 Å². The van der Waals surface area contributed by atoms with Crippen LogP contribution in [0.1, 0.15) is 33.1 Å². The van der Waals surface area contributed by atoms with E-state index in [1.807, 2.05) is 0 Å². The van der Waals surface area contributed by atoms with E-state index in [1.165, 1.54) is 0 Å². The van der Waals surface area contributed by atoms with Crippen LogP contribution in [-0.4, -0.2) is 25.2 Å². The second-order valence-electron chi connectivity index (χ2n) is 3.90. The molecule has 0 heterocycles. The van der Waals surface area contributed by atoms with Crippen LogP contribution in [-0.2, 0) is 18.4 Å². The molecule has 0 radical (unpaired) electrons. The molecule has 1 rings (SSSR count). The van der Waals surface area contributed by atoms with E-state index in [9.17, 15) is 9.36 Å². The van der Waals surface area contributed by atoms with Gasteiger partial charge in [-0.25, -0.2) is 0 Å². The molecule has 0 spiro atoms. The average Bonchev–Trinajstić information content (AvgIpc) is 2.25. The van der Waals surface area contributed by atoms with Gasteiger partial charge in [0.25, 0.3) is 0 Å². The molecule has 2 N–H and O–H groups in total. The summed E-state index contributed by atoms with van der Waals surface area (Å²) >= 11 is 0. The van der Waals surface area contributed by atoms with E-state index < -0.39 is 7.60 Å². The lowest BCUT2D eigenvalue weighted by Gasteiger charge is -2.21. The maximum Gasteiger partial charge on any atom is 0.334 e. The van der Waals surface area contributed by atoms with Gasteiger partial charge in [0.15, 0.2) is 5.78 Å². The molecule has 0 saturated heterocycles. The molecule has 0 bridgehead atoms. The predicted octanol–water partition coefficient (Wildman–Crippen LogP) is 2.22. The highest BCUT2D eigenvalue weighted by atomic mass is 31.2. The van der Waals surface area contributed by atoms with Crippen molar-refractivity contribution in [3.05, 3.63) is 11.3 Å². The summed E-state index contributed by atoms with van der Waals surface area (Å²) in [7, 11) is -3.14. The largest absolute Gasteiger partial charge is 0.396 e. The van der Waals surface area contributed by atoms with Gasteiger partial charge in [0.2, 0.25) is 0 Å². The molecule has 0 aromatic heterocycles. The molecule has 0 aromatic carbocycles. The Morgan fingerprint density at radius 3 is 2.35 bits per heavy atom. The van der Waals surface area contributed by atoms with Crippen molar-refractivity contribution in [1.82, 2.24) is 0 Å². The minimum absolute atomic E-state index is 0.0641. The molecular formula is C11H20NO4P. The van der Waals surface area contributed by atoms with Crippen molar-refractivity contribution in [2.75, 3.05) is 19.4 Å². The van der Waals surface area contributed by atoms with E-state index in [-0.39, 0.29) is 17.6 Å². The fourth-order valence-electron chi connectivity index (χ4n) is 1.85. The predicted molar refractivity (Wildman–Crippen MR) is 65.8 cm³/mol. The zero-order valence-electron chi connectivity index (χ0n) is 10.4. The topological polar surface area (TPSA) is 78.6 Å². The zero-order chi connectivity index (χ0) is 12.9. The van der Waals surface area contributed by atoms with E-state index in [2.05, 4.69) is 0 Å². The molecule has 0 aliphatic heterocycles. The number of carbonyl (C=O) groups excluding carboxylic acids is 1. The molecular weight excluding hydrogens is 241 g/mol. The monoisotopic (exact) mass is 261 g/mol. The third-order valence-electron chi connectivity index (χ3n) is 2.60. The first-order valence-corrected chi connectivity index (χ1v) is 7.64. The lowest BCUT2D eigenvalue weighted by molar-refractivity contribution is -0.116. The van der Waals surface area contributed by atoms with E-state index in [4.69, 9.17) is 14.8 Å². The van der Waals surface area contributed by atoms with Crippen molar-refractivity contribution in [3.8, 4) is 0 Å². The van der Waals surface area contributed by atoms with Gasteiger partial charge in [-0.05, 0) is 32.3 Å². The van der Waals surface area contributed by atoms with Crippen molar-refractivity contribution in [1.29, 1.82) is 0 Å². The van der Waals surface area contributed by atoms with Crippen LogP contribution in [0.3, 0.4) is 0 Å². The smallest absolute Gasteiger partial charge is 0.334 e. The summed E-state index contributed by atoms with van der Waals surface area (Å²) in [5, 5.41) is 0. The number of hydrogen-bond acceptors (Lipinski definition) is 5. The summed E-state index contributed by atoms with van der Waals surface area (Å²) in [6.07, 6.45) is 2.06. The van der Waals surface area contributed by atoms with Crippen LogP contribution in [0.4, 0.5) is 0 Å². The van der Waals surface area contributed by atoms with Crippen molar-refractivity contribution in [3.63, 3.8) is 0 Å². The van der Waals surface area contributed by atoms with Gasteiger partial charge in [-0.1, -0.05) is 0 Å². The first-order chi connectivity index (χ1) is 8.02. The summed E-state index contributed by atoms with van der Waals surface area (Å²) in [5.74, 6) is -0.0641. The zero-order valence-corrected chi connectivity index (χ0v) is 11.3. The first kappa shape index (κ1) is 14.4. The van der Waals surface area contributed by atoms with Gasteiger partial charge in [-0.3, -0.25) is 9.36 Å². The normalized spacial score (nSPS) is 17.6. The second kappa shape index (κ2) is 6.34. The number of hydrogen-bond donors (Lipinski definition) is 1. The van der Waals surface area contributed by atoms with E-state index in [1.54, 1.807) is 13.8 Å². The third kappa shape index (κ3) is 3.95. The Labute approximate surface area is 102 Å². The van der Waals surface area contributed by atoms with E-state index in [0.29, 0.717) is 31.6 Å². The van der Waals surface area contributed by atoms with E-state index in [0.717, 1.165) is 6.42 Å². The van der Waals surface area contributed by atoms with Crippen LogP contribution in [0, 0.1) is 0 Å². The maximum atomic E-state index is 12.3. The van der Waals surface area contributed by atoms with Crippen molar-refractivity contribution >= 4 is 13.4 Å². The van der Waals surface area contributed by atoms with Crippen LogP contribution in [0.2, 0.25) is 0 Å². The number of allylic oxidation sites excluding steroid dienone is 2. The quantitative estimate of drug-likeness (QED) is 0.741. The summed E-state index contributed by atoms with van der Waals surface area (Å²) in [5.41, 5.74) is 6.68. The highest BCUT2D eigenvalue weighted by molar-refractivity contribution is 7.54. The van der Waals surface area contributed by atoms with E-state index >= 15 is 0 Å². The van der Waals surface area contributed by atoms with Crippen LogP contribution in [0.25, 0.3) is 0 Å². The number of ketones is 1. The Morgan fingerprint density at radius 2 is 1.82 bits per heavy atom. The average molecular weight is 261 g/mol. The Kier molecular flexibility index (Phi) is 5.37. The molecule has 5 nitrogen and oxygen atoms in total. The Balaban J connectivity index is 2.83. The number of carbonyl (C=O) groups is 1. The Hall–Kier alpha value is -0.640. The summed E-state index contributed by atoms with van der Waals surface area (Å²) in [6.45, 7) is 4.15. The molecule has 1 aliphatic carbocycles. The highest BCUT2D eigenvalue weighted by Gasteiger charge is 2.29. The molecule has 17 heavy (non-hydrogen) atoms. The van der Waals surface area contributed by atoms with Gasteiger partial charge >= 0.3 is 7.60 Å². The van der Waals surface area contributed by atoms with Crippen LogP contribution in [0.15, 0.2) is 11.3 Å². The Bertz CT molecular complexity index is 354. The fraction of sp³-hybridized carbons (Fsp3) is 0.727. The molecule has 6 heteroatoms. The lowest BCUT2D eigenvalue weighted by Crippen LogP contribution is -2.20. The van der Waals surface area contributed by atoms with Gasteiger partial charge in [-0.15, -0.1) is 0 Å². The molecule has 1 aliphatic rings. The van der Waals surface area contributed by atoms with Crippen molar-refractivity contribution in [2.24, 2.45) is 5.73 Å². The minimum Gasteiger partial charge on any atom is -0.396 e. The maximum absolute atomic E-state index is 12.3. The first-order valence-electron chi connectivity index (χ1n) is 5.91. The molecule has 0 unspecified atom stereocenters. The summed E-state index contributed by atoms with van der Waals surface area (Å²) < 4.78 is 22.7. The van der Waals surface area contributed by atoms with Gasteiger partial charge in [0.05, 0.1) is 25.1 Å². The number of nitrogens with two attached hydrogens (primary N) is 1. The molecule has 98 valence electrons. The van der Waals surface area contributed by atoms with Gasteiger partial charge in [0.1, 0.15) is 0 Å². The third-order valence-corrected chi connectivity index (χ3v) is 4.67. The summed E-state index contributed by atoms with van der Waals surface area (Å²) in [4.78, 5) is 11.5. The van der Waals surface area contributed by atoms with Crippen molar-refractivity contribution in [2.45, 2.75) is 33.1 Å². The standard InChI is InChI=1S/C11H20NO4P/c1-3-15-17(14,16-4-2)8-9-6-5-7-10(13)11(9)12/h3-8,12H2,1-2H3. The van der Waals surface area contributed by atoms with Crippen LogP contribution >= 0.6 is 7.60 Å². The molecule has 0 aromatic rings. The number of rotatable bonds is 6. The fourth-order valence-corrected chi connectivity index (χ4v) is 3.69. The summed E-state index contributed by atoms with van der Waals surface area (Å²) in [6, 6.07) is 0. The SMILES string of the molecule is CCOP(=O)(CC1=C(N)C(=O)CCC1)OCC. The molecule has 0 saturated carbocycles. The minimum atomic E-state index is -3.14. The van der Waals surface area contributed by atoms with Gasteiger partial charge in [0, 0.05) is 6.42 Å². The molecule has 0 atom stereocenters. The lowest BCUT2D eigenvalue weighted by atomic mass is 9.97. The van der Waals surface area contributed by atoms with Crippen molar-refractivity contribution < 1.29 is 18.4 Å². The van der Waals surface area contributed by atoms with Gasteiger partial charge < -0.3 is 14.8 Å².